The molecule has 2 amide bonds. The van der Waals surface area contributed by atoms with Gasteiger partial charge in [-0.3, -0.25) is 19.6 Å². The van der Waals surface area contributed by atoms with Crippen LogP contribution in [0.2, 0.25) is 0 Å². The van der Waals surface area contributed by atoms with Crippen LogP contribution in [0.3, 0.4) is 0 Å². The maximum atomic E-state index is 11.7. The van der Waals surface area contributed by atoms with Gasteiger partial charge in [0.05, 0.1) is 0 Å². The Labute approximate surface area is 90.5 Å². The minimum Gasteiger partial charge on any atom is -0.294 e. The number of amides is 2. The number of sulfone groups is 1. The number of hydrogen-bond donors (Lipinski definition) is 1. The molecule has 2 rings (SSSR count). The number of aromatic nitrogens is 3. The fourth-order valence-electron chi connectivity index (χ4n) is 1.47. The molecule has 1 unspecified atom stereocenters. The van der Waals surface area contributed by atoms with Gasteiger partial charge >= 0.3 is 0 Å². The van der Waals surface area contributed by atoms with Crippen LogP contribution >= 0.6 is 0 Å². The standard InChI is InChI=1S/C7H8N4O4S/c1-11-2-4(9-10-11)6-7(13)8-5(12)3-16(6,14)15/h2,6H,3H2,1H3,(H,8,12,13). The van der Waals surface area contributed by atoms with Gasteiger partial charge < -0.3 is 0 Å². The van der Waals surface area contributed by atoms with E-state index in [9.17, 15) is 18.0 Å². The van der Waals surface area contributed by atoms with Crippen LogP contribution in [0.25, 0.3) is 0 Å². The Bertz CT molecular complexity index is 561. The van der Waals surface area contributed by atoms with Gasteiger partial charge in [0.25, 0.3) is 5.91 Å². The minimum atomic E-state index is -3.84. The Morgan fingerprint density at radius 1 is 1.50 bits per heavy atom. The third-order valence-corrected chi connectivity index (χ3v) is 3.92. The summed E-state index contributed by atoms with van der Waals surface area (Å²) in [4.78, 5) is 22.4. The van der Waals surface area contributed by atoms with E-state index in [1.807, 2.05) is 5.32 Å². The predicted octanol–water partition coefficient (Wildman–Crippen LogP) is -2.07. The molecule has 16 heavy (non-hydrogen) atoms. The van der Waals surface area contributed by atoms with E-state index in [-0.39, 0.29) is 5.69 Å². The number of carbonyl (C=O) groups excluding carboxylic acids is 2. The van der Waals surface area contributed by atoms with Gasteiger partial charge in [0.15, 0.2) is 15.1 Å². The van der Waals surface area contributed by atoms with Gasteiger partial charge in [-0.05, 0) is 0 Å². The summed E-state index contributed by atoms with van der Waals surface area (Å²) in [6.07, 6.45) is 1.33. The third kappa shape index (κ3) is 1.69. The molecule has 86 valence electrons. The van der Waals surface area contributed by atoms with Crippen molar-refractivity contribution in [2.75, 3.05) is 5.75 Å². The average Bonchev–Trinajstić information content (AvgIpc) is 2.47. The number of nitrogens with one attached hydrogen (secondary N) is 1. The van der Waals surface area contributed by atoms with Crippen molar-refractivity contribution in [1.29, 1.82) is 0 Å². The Morgan fingerprint density at radius 3 is 2.69 bits per heavy atom. The van der Waals surface area contributed by atoms with E-state index < -0.39 is 32.7 Å². The normalized spacial score (nSPS) is 24.2. The molecule has 1 aromatic rings. The highest BCUT2D eigenvalue weighted by molar-refractivity contribution is 7.93. The van der Waals surface area contributed by atoms with E-state index in [0.717, 1.165) is 0 Å². The van der Waals surface area contributed by atoms with E-state index in [2.05, 4.69) is 10.3 Å². The van der Waals surface area contributed by atoms with Crippen molar-refractivity contribution in [2.24, 2.45) is 7.05 Å². The zero-order chi connectivity index (χ0) is 11.9. The zero-order valence-electron chi connectivity index (χ0n) is 8.24. The van der Waals surface area contributed by atoms with E-state index in [4.69, 9.17) is 0 Å². The average molecular weight is 244 g/mol. The van der Waals surface area contributed by atoms with Crippen molar-refractivity contribution in [2.45, 2.75) is 5.25 Å². The first-order chi connectivity index (χ1) is 7.40. The molecule has 0 aromatic carbocycles. The van der Waals surface area contributed by atoms with Crippen LogP contribution < -0.4 is 5.32 Å². The number of hydrogen-bond acceptors (Lipinski definition) is 6. The van der Waals surface area contributed by atoms with Crippen LogP contribution in [-0.4, -0.2) is 41.0 Å². The topological polar surface area (TPSA) is 111 Å². The molecule has 1 fully saturated rings. The van der Waals surface area contributed by atoms with Crippen LogP contribution in [0.15, 0.2) is 6.20 Å². The number of rotatable bonds is 1. The predicted molar refractivity (Wildman–Crippen MR) is 50.7 cm³/mol. The van der Waals surface area contributed by atoms with Crippen molar-refractivity contribution >= 4 is 21.7 Å². The van der Waals surface area contributed by atoms with Crippen molar-refractivity contribution in [3.8, 4) is 0 Å². The Hall–Kier alpha value is -1.77. The quantitative estimate of drug-likeness (QED) is 0.568. The van der Waals surface area contributed by atoms with Crippen LogP contribution in [-0.2, 0) is 26.5 Å². The molecule has 1 aromatic heterocycles. The van der Waals surface area contributed by atoms with Crippen LogP contribution in [0, 0.1) is 0 Å². The second-order valence-electron chi connectivity index (χ2n) is 3.42. The summed E-state index contributed by atoms with van der Waals surface area (Å²) in [6, 6.07) is 0. The summed E-state index contributed by atoms with van der Waals surface area (Å²) in [5.41, 5.74) is 0.0208. The number of carbonyl (C=O) groups is 2. The molecule has 2 heterocycles. The van der Waals surface area contributed by atoms with Crippen molar-refractivity contribution in [3.63, 3.8) is 0 Å². The lowest BCUT2D eigenvalue weighted by Crippen LogP contribution is -2.47. The van der Waals surface area contributed by atoms with Crippen LogP contribution in [0.5, 0.6) is 0 Å². The zero-order valence-corrected chi connectivity index (χ0v) is 9.06. The monoisotopic (exact) mass is 244 g/mol. The summed E-state index contributed by atoms with van der Waals surface area (Å²) in [6.45, 7) is 0. The van der Waals surface area contributed by atoms with E-state index in [1.54, 1.807) is 7.05 Å². The first kappa shape index (κ1) is 10.7. The number of aryl methyl sites for hydroxylation is 1. The molecule has 1 atom stereocenters. The van der Waals surface area contributed by atoms with E-state index in [0.29, 0.717) is 0 Å². The molecule has 1 N–H and O–H groups in total. The first-order valence-electron chi connectivity index (χ1n) is 4.31. The molecule has 0 radical (unpaired) electrons. The first-order valence-corrected chi connectivity index (χ1v) is 6.03. The third-order valence-electron chi connectivity index (χ3n) is 2.08. The lowest BCUT2D eigenvalue weighted by molar-refractivity contribution is -0.129. The Kier molecular flexibility index (Phi) is 2.26. The van der Waals surface area contributed by atoms with Gasteiger partial charge in [0.1, 0.15) is 11.4 Å². The van der Waals surface area contributed by atoms with E-state index >= 15 is 0 Å². The van der Waals surface area contributed by atoms with Gasteiger partial charge in [-0.25, -0.2) is 8.42 Å². The fourth-order valence-corrected chi connectivity index (χ4v) is 2.94. The lowest BCUT2D eigenvalue weighted by Gasteiger charge is -2.18. The molecular weight excluding hydrogens is 236 g/mol. The van der Waals surface area contributed by atoms with Gasteiger partial charge in [-0.15, -0.1) is 5.10 Å². The largest absolute Gasteiger partial charge is 0.294 e. The number of nitrogens with zero attached hydrogens (tertiary/aromatic N) is 3. The molecule has 9 heteroatoms. The van der Waals surface area contributed by atoms with Crippen molar-refractivity contribution < 1.29 is 18.0 Å². The Morgan fingerprint density at radius 2 is 2.19 bits per heavy atom. The maximum Gasteiger partial charge on any atom is 0.251 e. The maximum absolute atomic E-state index is 11.7. The van der Waals surface area contributed by atoms with Gasteiger partial charge in [-0.2, -0.15) is 0 Å². The SMILES string of the molecule is Cn1cc(C2C(=O)NC(=O)CS2(=O)=O)nn1. The Balaban J connectivity index is 2.47. The van der Waals surface area contributed by atoms with Gasteiger partial charge in [0.2, 0.25) is 5.91 Å². The van der Waals surface area contributed by atoms with Crippen LogP contribution in [0.1, 0.15) is 10.9 Å². The molecule has 1 saturated heterocycles. The summed E-state index contributed by atoms with van der Waals surface area (Å²) in [5, 5.41) is 7.63. The van der Waals surface area contributed by atoms with Gasteiger partial charge in [-0.1, -0.05) is 5.21 Å². The molecule has 1 aliphatic heterocycles. The van der Waals surface area contributed by atoms with Crippen molar-refractivity contribution in [1.82, 2.24) is 20.3 Å². The summed E-state index contributed by atoms with van der Waals surface area (Å²) >= 11 is 0. The number of imide groups is 1. The molecule has 0 spiro atoms. The van der Waals surface area contributed by atoms with E-state index in [1.165, 1.54) is 10.9 Å². The summed E-state index contributed by atoms with van der Waals surface area (Å²) < 4.78 is 24.6. The highest BCUT2D eigenvalue weighted by atomic mass is 32.2. The summed E-state index contributed by atoms with van der Waals surface area (Å²) in [5.74, 6) is -2.40. The smallest absolute Gasteiger partial charge is 0.251 e. The molecule has 0 saturated carbocycles. The van der Waals surface area contributed by atoms with Gasteiger partial charge in [0, 0.05) is 13.2 Å². The minimum absolute atomic E-state index is 0.0208. The molecule has 0 bridgehead atoms. The summed E-state index contributed by atoms with van der Waals surface area (Å²) in [7, 11) is -2.29. The fraction of sp³-hybridized carbons (Fsp3) is 0.429. The second kappa shape index (κ2) is 3.37. The highest BCUT2D eigenvalue weighted by Crippen LogP contribution is 2.23. The second-order valence-corrected chi connectivity index (χ2v) is 5.50. The molecule has 1 aliphatic rings. The molecule has 0 aliphatic carbocycles. The lowest BCUT2D eigenvalue weighted by atomic mass is 10.3. The van der Waals surface area contributed by atoms with Crippen molar-refractivity contribution in [3.05, 3.63) is 11.9 Å². The van der Waals surface area contributed by atoms with Crippen LogP contribution in [0.4, 0.5) is 0 Å². The highest BCUT2D eigenvalue weighted by Gasteiger charge is 2.42. The molecular formula is C7H8N4O4S. The molecule has 8 nitrogen and oxygen atoms in total.